The van der Waals surface area contributed by atoms with Crippen molar-refractivity contribution >= 4 is 57.9 Å². The van der Waals surface area contributed by atoms with E-state index in [2.05, 4.69) is 37.6 Å². The summed E-state index contributed by atoms with van der Waals surface area (Å²) in [6.45, 7) is 0. The number of halogens is 2. The van der Waals surface area contributed by atoms with Crippen molar-refractivity contribution in [3.8, 4) is 0 Å². The fourth-order valence-electron chi connectivity index (χ4n) is 3.71. The van der Waals surface area contributed by atoms with Crippen LogP contribution < -0.4 is 5.32 Å². The van der Waals surface area contributed by atoms with E-state index in [1.165, 1.54) is 35.9 Å². The summed E-state index contributed by atoms with van der Waals surface area (Å²) in [5.74, 6) is 1.06. The Hall–Kier alpha value is -1.54. The third-order valence-electron chi connectivity index (χ3n) is 5.12. The van der Waals surface area contributed by atoms with Gasteiger partial charge in [-0.05, 0) is 42.5 Å². The second-order valence-corrected chi connectivity index (χ2v) is 10.1. The Morgan fingerprint density at radius 3 is 2.80 bits per heavy atom. The SMILES string of the molecule is O=C(CSc1nnc(Cc2cccs2)n1C1CCCCC1)Nc1cc(Cl)ccc1Cl. The lowest BCUT2D eigenvalue weighted by Gasteiger charge is -2.25. The normalized spacial score (nSPS) is 14.7. The Bertz CT molecular complexity index is 1000. The zero-order valence-electron chi connectivity index (χ0n) is 16.3. The molecule has 2 aromatic heterocycles. The van der Waals surface area contributed by atoms with Crippen molar-refractivity contribution in [2.24, 2.45) is 0 Å². The summed E-state index contributed by atoms with van der Waals surface area (Å²) in [6.07, 6.45) is 6.76. The van der Waals surface area contributed by atoms with E-state index in [0.29, 0.717) is 21.8 Å². The first kappa shape index (κ1) is 21.7. The number of benzene rings is 1. The van der Waals surface area contributed by atoms with Crippen LogP contribution in [0.15, 0.2) is 40.9 Å². The van der Waals surface area contributed by atoms with Gasteiger partial charge in [0.15, 0.2) is 5.16 Å². The van der Waals surface area contributed by atoms with Gasteiger partial charge in [-0.2, -0.15) is 0 Å². The number of hydrogen-bond acceptors (Lipinski definition) is 5. The first-order valence-electron chi connectivity index (χ1n) is 9.94. The molecule has 5 nitrogen and oxygen atoms in total. The molecule has 158 valence electrons. The molecule has 0 atom stereocenters. The van der Waals surface area contributed by atoms with E-state index in [1.807, 2.05) is 0 Å². The molecule has 3 aromatic rings. The molecule has 0 aliphatic heterocycles. The summed E-state index contributed by atoms with van der Waals surface area (Å²) >= 11 is 15.3. The van der Waals surface area contributed by atoms with Crippen LogP contribution in [0.4, 0.5) is 5.69 Å². The topological polar surface area (TPSA) is 59.8 Å². The largest absolute Gasteiger partial charge is 0.324 e. The quantitative estimate of drug-likeness (QED) is 0.393. The van der Waals surface area contributed by atoms with Crippen LogP contribution in [0.2, 0.25) is 10.0 Å². The first-order chi connectivity index (χ1) is 14.6. The summed E-state index contributed by atoms with van der Waals surface area (Å²) < 4.78 is 2.27. The van der Waals surface area contributed by atoms with Crippen molar-refractivity contribution in [1.82, 2.24) is 14.8 Å². The number of nitrogens with zero attached hydrogens (tertiary/aromatic N) is 3. The lowest BCUT2D eigenvalue weighted by molar-refractivity contribution is -0.113. The summed E-state index contributed by atoms with van der Waals surface area (Å²) in [5, 5.41) is 15.6. The Labute approximate surface area is 194 Å². The minimum atomic E-state index is -0.151. The van der Waals surface area contributed by atoms with E-state index < -0.39 is 0 Å². The monoisotopic (exact) mass is 480 g/mol. The highest BCUT2D eigenvalue weighted by Crippen LogP contribution is 2.33. The number of carbonyl (C=O) groups excluding carboxylic acids is 1. The van der Waals surface area contributed by atoms with Gasteiger partial charge in [-0.25, -0.2) is 0 Å². The Morgan fingerprint density at radius 1 is 1.20 bits per heavy atom. The molecule has 1 fully saturated rings. The zero-order chi connectivity index (χ0) is 20.9. The lowest BCUT2D eigenvalue weighted by atomic mass is 9.95. The molecule has 9 heteroatoms. The molecular weight excluding hydrogens is 459 g/mol. The van der Waals surface area contributed by atoms with Gasteiger partial charge in [0.25, 0.3) is 0 Å². The molecule has 30 heavy (non-hydrogen) atoms. The van der Waals surface area contributed by atoms with Gasteiger partial charge in [0.1, 0.15) is 5.82 Å². The maximum Gasteiger partial charge on any atom is 0.234 e. The average Bonchev–Trinajstić information content (AvgIpc) is 3.40. The molecule has 4 rings (SSSR count). The molecule has 1 aromatic carbocycles. The minimum Gasteiger partial charge on any atom is -0.324 e. The maximum atomic E-state index is 12.5. The number of hydrogen-bond donors (Lipinski definition) is 1. The molecule has 2 heterocycles. The van der Waals surface area contributed by atoms with E-state index in [-0.39, 0.29) is 11.7 Å². The predicted molar refractivity (Wildman–Crippen MR) is 125 cm³/mol. The van der Waals surface area contributed by atoms with Crippen molar-refractivity contribution < 1.29 is 4.79 Å². The van der Waals surface area contributed by atoms with Crippen LogP contribution in [0.3, 0.4) is 0 Å². The van der Waals surface area contributed by atoms with E-state index in [1.54, 1.807) is 29.5 Å². The third kappa shape index (κ3) is 5.38. The molecule has 1 N–H and O–H groups in total. The van der Waals surface area contributed by atoms with E-state index >= 15 is 0 Å². The number of anilines is 1. The van der Waals surface area contributed by atoms with E-state index in [9.17, 15) is 4.79 Å². The standard InChI is InChI=1S/C21H22Cl2N4OS2/c22-14-8-9-17(23)18(11-14)24-20(28)13-30-21-26-25-19(12-16-7-4-10-29-16)27(21)15-5-2-1-3-6-15/h4,7-11,15H,1-3,5-6,12-13H2,(H,24,28). The highest BCUT2D eigenvalue weighted by atomic mass is 35.5. The molecule has 0 unspecified atom stereocenters. The van der Waals surface area contributed by atoms with Crippen molar-refractivity contribution in [3.05, 3.63) is 56.5 Å². The van der Waals surface area contributed by atoms with Gasteiger partial charge in [0.05, 0.1) is 16.5 Å². The summed E-state index contributed by atoms with van der Waals surface area (Å²) in [5.41, 5.74) is 0.516. The van der Waals surface area contributed by atoms with Crippen LogP contribution in [0.5, 0.6) is 0 Å². The third-order valence-corrected chi connectivity index (χ3v) is 7.51. The zero-order valence-corrected chi connectivity index (χ0v) is 19.5. The van der Waals surface area contributed by atoms with Crippen LogP contribution >= 0.6 is 46.3 Å². The minimum absolute atomic E-state index is 0.151. The van der Waals surface area contributed by atoms with Crippen molar-refractivity contribution in [2.45, 2.75) is 49.7 Å². The number of nitrogens with one attached hydrogen (secondary N) is 1. The van der Waals surface area contributed by atoms with Crippen LogP contribution in [-0.4, -0.2) is 26.4 Å². The van der Waals surface area contributed by atoms with Crippen LogP contribution in [0.1, 0.15) is 48.8 Å². The number of amides is 1. The van der Waals surface area contributed by atoms with Crippen LogP contribution in [-0.2, 0) is 11.2 Å². The highest BCUT2D eigenvalue weighted by molar-refractivity contribution is 7.99. The first-order valence-corrected chi connectivity index (χ1v) is 12.6. The van der Waals surface area contributed by atoms with Crippen LogP contribution in [0.25, 0.3) is 0 Å². The number of aromatic nitrogens is 3. The van der Waals surface area contributed by atoms with Crippen molar-refractivity contribution in [1.29, 1.82) is 0 Å². The van der Waals surface area contributed by atoms with Crippen LogP contribution in [0, 0.1) is 0 Å². The highest BCUT2D eigenvalue weighted by Gasteiger charge is 2.24. The summed E-state index contributed by atoms with van der Waals surface area (Å²) in [6, 6.07) is 9.59. The predicted octanol–water partition coefficient (Wildman–Crippen LogP) is 6.47. The molecule has 0 bridgehead atoms. The maximum absolute atomic E-state index is 12.5. The fourth-order valence-corrected chi connectivity index (χ4v) is 5.57. The lowest BCUT2D eigenvalue weighted by Crippen LogP contribution is -2.18. The molecular formula is C21H22Cl2N4OS2. The van der Waals surface area contributed by atoms with Gasteiger partial charge in [-0.3, -0.25) is 4.79 Å². The molecule has 1 aliphatic rings. The van der Waals surface area contributed by atoms with Gasteiger partial charge in [-0.15, -0.1) is 21.5 Å². The molecule has 0 radical (unpaired) electrons. The molecule has 0 spiro atoms. The van der Waals surface area contributed by atoms with Gasteiger partial charge in [-0.1, -0.05) is 60.3 Å². The summed E-state index contributed by atoms with van der Waals surface area (Å²) in [4.78, 5) is 13.8. The number of carbonyl (C=O) groups is 1. The van der Waals surface area contributed by atoms with Crippen molar-refractivity contribution in [2.75, 3.05) is 11.1 Å². The second-order valence-electron chi connectivity index (χ2n) is 7.28. The number of rotatable bonds is 7. The Balaban J connectivity index is 1.48. The van der Waals surface area contributed by atoms with E-state index in [0.717, 1.165) is 30.2 Å². The Kier molecular flexibility index (Phi) is 7.36. The smallest absolute Gasteiger partial charge is 0.234 e. The molecule has 1 aliphatic carbocycles. The molecule has 1 saturated carbocycles. The van der Waals surface area contributed by atoms with Gasteiger partial charge < -0.3 is 9.88 Å². The van der Waals surface area contributed by atoms with Crippen molar-refractivity contribution in [3.63, 3.8) is 0 Å². The Morgan fingerprint density at radius 2 is 2.03 bits per heavy atom. The second kappa shape index (κ2) is 10.2. The van der Waals surface area contributed by atoms with E-state index in [4.69, 9.17) is 23.2 Å². The van der Waals surface area contributed by atoms with Gasteiger partial charge >= 0.3 is 0 Å². The summed E-state index contributed by atoms with van der Waals surface area (Å²) in [7, 11) is 0. The fraction of sp³-hybridized carbons (Fsp3) is 0.381. The molecule has 0 saturated heterocycles. The molecule has 1 amide bonds. The van der Waals surface area contributed by atoms with Gasteiger partial charge in [0, 0.05) is 22.4 Å². The number of thioether (sulfide) groups is 1. The number of thiophene rings is 1. The average molecular weight is 481 g/mol. The van der Waals surface area contributed by atoms with Gasteiger partial charge in [0.2, 0.25) is 5.91 Å².